The smallest absolute Gasteiger partial charge is 0.251 e. The molecule has 1 aliphatic heterocycles. The minimum absolute atomic E-state index is 0.105. The normalized spacial score (nSPS) is 13.2. The van der Waals surface area contributed by atoms with Crippen LogP contribution in [0.15, 0.2) is 60.7 Å². The van der Waals surface area contributed by atoms with Gasteiger partial charge in [-0.05, 0) is 24.1 Å². The number of hydrogen-bond acceptors (Lipinski definition) is 10. The Kier molecular flexibility index (Phi) is 11.7. The number of aromatic nitrogens is 3. The predicted molar refractivity (Wildman–Crippen MR) is 150 cm³/mol. The Morgan fingerprint density at radius 3 is 2.08 bits per heavy atom. The highest BCUT2D eigenvalue weighted by atomic mass is 16.5. The lowest BCUT2D eigenvalue weighted by molar-refractivity contribution is 0.0519. The largest absolute Gasteiger partial charge is 0.378 e. The van der Waals surface area contributed by atoms with E-state index in [0.29, 0.717) is 76.1 Å². The van der Waals surface area contributed by atoms with E-state index in [1.807, 2.05) is 36.4 Å². The van der Waals surface area contributed by atoms with Crippen LogP contribution in [0.1, 0.15) is 15.9 Å². The van der Waals surface area contributed by atoms with Gasteiger partial charge >= 0.3 is 0 Å². The molecular formula is C28H37N7O4. The van der Waals surface area contributed by atoms with Crippen LogP contribution in [0.2, 0.25) is 0 Å². The van der Waals surface area contributed by atoms with Crippen molar-refractivity contribution < 1.29 is 19.0 Å². The molecule has 3 aromatic rings. The molecule has 2 aromatic carbocycles. The molecule has 1 fully saturated rings. The molecule has 0 bridgehead atoms. The quantitative estimate of drug-likeness (QED) is 0.235. The molecule has 0 radical (unpaired) electrons. The van der Waals surface area contributed by atoms with Crippen molar-refractivity contribution in [2.75, 3.05) is 87.9 Å². The first-order chi connectivity index (χ1) is 19.3. The summed E-state index contributed by atoms with van der Waals surface area (Å²) in [6.07, 6.45) is 0.872. The van der Waals surface area contributed by atoms with Gasteiger partial charge in [-0.25, -0.2) is 0 Å². The van der Waals surface area contributed by atoms with Gasteiger partial charge in [-0.2, -0.15) is 15.0 Å². The molecule has 1 aromatic heterocycles. The Morgan fingerprint density at radius 1 is 0.769 bits per heavy atom. The van der Waals surface area contributed by atoms with Crippen LogP contribution < -0.4 is 20.9 Å². The van der Waals surface area contributed by atoms with E-state index in [1.165, 1.54) is 5.56 Å². The Morgan fingerprint density at radius 2 is 1.38 bits per heavy atom. The summed E-state index contributed by atoms with van der Waals surface area (Å²) in [6.45, 7) is 6.30. The molecule has 1 saturated heterocycles. The maximum absolute atomic E-state index is 12.0. The number of carbonyl (C=O) groups is 1. The number of nitrogens with one attached hydrogen (secondary N) is 3. The van der Waals surface area contributed by atoms with Gasteiger partial charge in [-0.15, -0.1) is 0 Å². The van der Waals surface area contributed by atoms with Gasteiger partial charge in [0.2, 0.25) is 17.8 Å². The van der Waals surface area contributed by atoms with E-state index in [-0.39, 0.29) is 5.91 Å². The van der Waals surface area contributed by atoms with Crippen LogP contribution in [-0.4, -0.2) is 93.2 Å². The van der Waals surface area contributed by atoms with Crippen LogP contribution in [0.3, 0.4) is 0 Å². The van der Waals surface area contributed by atoms with Crippen molar-refractivity contribution in [1.29, 1.82) is 0 Å². The number of carbonyl (C=O) groups excluding carboxylic acids is 1. The standard InChI is InChI=1S/C28H37N7O4/c36-25(24-9-5-2-6-10-24)29-13-17-37-21-22-38-18-14-31-27-32-26(30-12-11-23-7-3-1-4-8-23)33-28(34-27)35-15-19-39-20-16-35/h1-10H,11-22H2,(H,29,36)(H2,30,31,32,33,34). The topological polar surface area (TPSA) is 123 Å². The monoisotopic (exact) mass is 535 g/mol. The lowest BCUT2D eigenvalue weighted by Gasteiger charge is -2.27. The maximum Gasteiger partial charge on any atom is 0.251 e. The van der Waals surface area contributed by atoms with Crippen LogP contribution in [0.25, 0.3) is 0 Å². The fraction of sp³-hybridized carbons (Fsp3) is 0.429. The minimum atomic E-state index is -0.105. The second kappa shape index (κ2) is 16.2. The van der Waals surface area contributed by atoms with Crippen LogP contribution in [0.5, 0.6) is 0 Å². The molecule has 3 N–H and O–H groups in total. The molecule has 0 aliphatic carbocycles. The molecule has 11 nitrogen and oxygen atoms in total. The van der Waals surface area contributed by atoms with E-state index in [0.717, 1.165) is 26.1 Å². The predicted octanol–water partition coefficient (Wildman–Crippen LogP) is 2.24. The van der Waals surface area contributed by atoms with Gasteiger partial charge in [0.15, 0.2) is 0 Å². The average Bonchev–Trinajstić information content (AvgIpc) is 2.99. The number of ether oxygens (including phenoxy) is 3. The van der Waals surface area contributed by atoms with Crippen LogP contribution >= 0.6 is 0 Å². The molecule has 0 unspecified atom stereocenters. The van der Waals surface area contributed by atoms with Gasteiger partial charge < -0.3 is 35.1 Å². The summed E-state index contributed by atoms with van der Waals surface area (Å²) in [5.74, 6) is 1.57. The zero-order valence-corrected chi connectivity index (χ0v) is 22.2. The highest BCUT2D eigenvalue weighted by Gasteiger charge is 2.16. The Hall–Kier alpha value is -3.80. The van der Waals surface area contributed by atoms with Crippen molar-refractivity contribution in [2.24, 2.45) is 0 Å². The summed E-state index contributed by atoms with van der Waals surface area (Å²) < 4.78 is 16.7. The molecule has 0 spiro atoms. The molecule has 0 atom stereocenters. The minimum Gasteiger partial charge on any atom is -0.378 e. The van der Waals surface area contributed by atoms with Crippen molar-refractivity contribution in [3.8, 4) is 0 Å². The van der Waals surface area contributed by atoms with E-state index in [4.69, 9.17) is 14.2 Å². The van der Waals surface area contributed by atoms with Crippen molar-refractivity contribution >= 4 is 23.8 Å². The van der Waals surface area contributed by atoms with Gasteiger partial charge in [0.25, 0.3) is 5.91 Å². The molecule has 208 valence electrons. The molecular weight excluding hydrogens is 498 g/mol. The third kappa shape index (κ3) is 10.1. The van der Waals surface area contributed by atoms with Crippen molar-refractivity contribution in [1.82, 2.24) is 20.3 Å². The van der Waals surface area contributed by atoms with E-state index in [1.54, 1.807) is 12.1 Å². The van der Waals surface area contributed by atoms with E-state index in [2.05, 4.69) is 47.9 Å². The summed E-state index contributed by atoms with van der Waals surface area (Å²) in [6, 6.07) is 19.4. The molecule has 4 rings (SSSR count). The van der Waals surface area contributed by atoms with Gasteiger partial charge in [0.1, 0.15) is 0 Å². The Balaban J connectivity index is 1.14. The molecule has 11 heteroatoms. The second-order valence-electron chi connectivity index (χ2n) is 8.82. The van der Waals surface area contributed by atoms with Gasteiger partial charge in [-0.3, -0.25) is 4.79 Å². The average molecular weight is 536 g/mol. The summed E-state index contributed by atoms with van der Waals surface area (Å²) in [7, 11) is 0. The zero-order valence-electron chi connectivity index (χ0n) is 22.2. The highest BCUT2D eigenvalue weighted by Crippen LogP contribution is 2.15. The first-order valence-electron chi connectivity index (χ1n) is 13.4. The third-order valence-corrected chi connectivity index (χ3v) is 5.93. The first kappa shape index (κ1) is 28.2. The van der Waals surface area contributed by atoms with Crippen LogP contribution in [0.4, 0.5) is 17.8 Å². The first-order valence-corrected chi connectivity index (χ1v) is 13.4. The summed E-state index contributed by atoms with van der Waals surface area (Å²) in [4.78, 5) is 27.9. The zero-order chi connectivity index (χ0) is 27.0. The lowest BCUT2D eigenvalue weighted by Crippen LogP contribution is -2.37. The second-order valence-corrected chi connectivity index (χ2v) is 8.82. The van der Waals surface area contributed by atoms with Gasteiger partial charge in [-0.1, -0.05) is 48.5 Å². The number of hydrogen-bond donors (Lipinski definition) is 3. The lowest BCUT2D eigenvalue weighted by atomic mass is 10.1. The number of morpholine rings is 1. The highest BCUT2D eigenvalue weighted by molar-refractivity contribution is 5.94. The Bertz CT molecular complexity index is 1120. The summed E-state index contributed by atoms with van der Waals surface area (Å²) >= 11 is 0. The molecule has 1 aliphatic rings. The molecule has 0 saturated carbocycles. The Labute approximate surface area is 229 Å². The van der Waals surface area contributed by atoms with Crippen LogP contribution in [0, 0.1) is 0 Å². The number of benzene rings is 2. The van der Waals surface area contributed by atoms with E-state index >= 15 is 0 Å². The van der Waals surface area contributed by atoms with Crippen molar-refractivity contribution in [3.63, 3.8) is 0 Å². The van der Waals surface area contributed by atoms with Gasteiger partial charge in [0.05, 0.1) is 39.6 Å². The van der Waals surface area contributed by atoms with Crippen molar-refractivity contribution in [2.45, 2.75) is 6.42 Å². The third-order valence-electron chi connectivity index (χ3n) is 5.93. The van der Waals surface area contributed by atoms with E-state index < -0.39 is 0 Å². The van der Waals surface area contributed by atoms with Crippen molar-refractivity contribution in [3.05, 3.63) is 71.8 Å². The number of rotatable bonds is 16. The summed E-state index contributed by atoms with van der Waals surface area (Å²) in [5, 5.41) is 9.40. The number of anilines is 3. The number of nitrogens with zero attached hydrogens (tertiary/aromatic N) is 4. The van der Waals surface area contributed by atoms with Crippen LogP contribution in [-0.2, 0) is 20.6 Å². The fourth-order valence-electron chi connectivity index (χ4n) is 3.88. The summed E-state index contributed by atoms with van der Waals surface area (Å²) in [5.41, 5.74) is 1.89. The molecule has 1 amide bonds. The SMILES string of the molecule is O=C(NCCOCCOCCNc1nc(NCCc2ccccc2)nc(N2CCOCC2)n1)c1ccccc1. The van der Waals surface area contributed by atoms with E-state index in [9.17, 15) is 4.79 Å². The number of amides is 1. The molecule has 39 heavy (non-hydrogen) atoms. The van der Waals surface area contributed by atoms with Gasteiger partial charge in [0, 0.05) is 38.3 Å². The molecule has 2 heterocycles. The maximum atomic E-state index is 12.0. The fourth-order valence-corrected chi connectivity index (χ4v) is 3.88.